The molecule has 0 aliphatic rings. The third kappa shape index (κ3) is 2.67. The van der Waals surface area contributed by atoms with Crippen LogP contribution in [-0.4, -0.2) is 35.7 Å². The zero-order valence-corrected chi connectivity index (χ0v) is 14.8. The number of rotatable bonds is 5. The molecule has 0 saturated heterocycles. The molecule has 3 aromatic carbocycles. The van der Waals surface area contributed by atoms with Crippen LogP contribution in [0.4, 0.5) is 0 Å². The fraction of sp³-hybridized carbons (Fsp3) is 0.300. The molecule has 0 aromatic heterocycles. The fourth-order valence-corrected chi connectivity index (χ4v) is 3.83. The van der Waals surface area contributed by atoms with Crippen LogP contribution in [0.1, 0.15) is 34.7 Å². The lowest BCUT2D eigenvalue weighted by Gasteiger charge is -2.21. The van der Waals surface area contributed by atoms with E-state index in [1.165, 1.54) is 12.1 Å². The highest BCUT2D eigenvalue weighted by atomic mass is 16.3. The van der Waals surface area contributed by atoms with Gasteiger partial charge >= 0.3 is 0 Å². The van der Waals surface area contributed by atoms with Crippen LogP contribution in [0.25, 0.3) is 21.5 Å². The topological polar surface area (TPSA) is 142 Å². The summed E-state index contributed by atoms with van der Waals surface area (Å²) in [5.74, 6) is -1.14. The standard InChI is InChI=1S/C20H22O7/c1-2-13-14-9(5-21)3-11(7-23)18(25)16(14)20(27)17-15(13)10(6-22)4-12(8-24)19(17)26/h3-4,21-27H,2,5-8H2,1H3. The summed E-state index contributed by atoms with van der Waals surface area (Å²) < 4.78 is 0. The first-order valence-electron chi connectivity index (χ1n) is 8.57. The molecule has 27 heavy (non-hydrogen) atoms. The Morgan fingerprint density at radius 1 is 0.556 bits per heavy atom. The molecule has 7 nitrogen and oxygen atoms in total. The van der Waals surface area contributed by atoms with Gasteiger partial charge in [0.05, 0.1) is 37.2 Å². The summed E-state index contributed by atoms with van der Waals surface area (Å²) in [6.45, 7) is 0.0475. The van der Waals surface area contributed by atoms with Crippen molar-refractivity contribution in [3.05, 3.63) is 39.9 Å². The number of aromatic hydroxyl groups is 3. The van der Waals surface area contributed by atoms with E-state index in [0.717, 1.165) is 0 Å². The van der Waals surface area contributed by atoms with Crippen LogP contribution in [0.5, 0.6) is 17.2 Å². The van der Waals surface area contributed by atoms with Gasteiger partial charge in [0.25, 0.3) is 0 Å². The zero-order valence-electron chi connectivity index (χ0n) is 14.8. The predicted molar refractivity (Wildman–Crippen MR) is 99.5 cm³/mol. The van der Waals surface area contributed by atoms with E-state index in [4.69, 9.17) is 0 Å². The Morgan fingerprint density at radius 2 is 0.926 bits per heavy atom. The van der Waals surface area contributed by atoms with Gasteiger partial charge in [-0.15, -0.1) is 0 Å². The molecule has 0 aliphatic carbocycles. The Morgan fingerprint density at radius 3 is 1.22 bits per heavy atom. The molecule has 0 radical (unpaired) electrons. The van der Waals surface area contributed by atoms with Crippen molar-refractivity contribution in [3.8, 4) is 17.2 Å². The van der Waals surface area contributed by atoms with Gasteiger partial charge in [-0.2, -0.15) is 0 Å². The molecular weight excluding hydrogens is 352 g/mol. The SMILES string of the molecule is CCc1c2c(CO)cc(CO)c(O)c2c(O)c2c(O)c(CO)cc(CO)c12. The Bertz CT molecular complexity index is 962. The lowest BCUT2D eigenvalue weighted by molar-refractivity contribution is 0.272. The molecule has 7 N–H and O–H groups in total. The Labute approximate surface area is 155 Å². The molecule has 144 valence electrons. The highest BCUT2D eigenvalue weighted by Crippen LogP contribution is 2.49. The van der Waals surface area contributed by atoms with E-state index in [2.05, 4.69) is 0 Å². The van der Waals surface area contributed by atoms with Crippen molar-refractivity contribution in [2.75, 3.05) is 0 Å². The predicted octanol–water partition coefficient (Wildman–Crippen LogP) is 1.64. The van der Waals surface area contributed by atoms with Crippen molar-refractivity contribution in [1.29, 1.82) is 0 Å². The molecular formula is C20H22O7. The van der Waals surface area contributed by atoms with Gasteiger partial charge < -0.3 is 35.7 Å². The minimum absolute atomic E-state index is 0.00392. The van der Waals surface area contributed by atoms with Gasteiger partial charge in [-0.3, -0.25) is 0 Å². The number of hydrogen-bond acceptors (Lipinski definition) is 7. The second kappa shape index (κ2) is 7.21. The average Bonchev–Trinajstić information content (AvgIpc) is 2.68. The smallest absolute Gasteiger partial charge is 0.138 e. The minimum atomic E-state index is -0.502. The second-order valence-corrected chi connectivity index (χ2v) is 6.40. The molecule has 0 unspecified atom stereocenters. The lowest BCUT2D eigenvalue weighted by atomic mass is 9.86. The molecule has 0 atom stereocenters. The van der Waals surface area contributed by atoms with Crippen molar-refractivity contribution in [2.45, 2.75) is 39.8 Å². The molecule has 3 aromatic rings. The number of aryl methyl sites for hydroxylation is 1. The van der Waals surface area contributed by atoms with Gasteiger partial charge in [0, 0.05) is 11.1 Å². The largest absolute Gasteiger partial charge is 0.507 e. The Balaban J connectivity index is 2.74. The second-order valence-electron chi connectivity index (χ2n) is 6.40. The van der Waals surface area contributed by atoms with Crippen LogP contribution in [-0.2, 0) is 32.8 Å². The summed E-state index contributed by atoms with van der Waals surface area (Å²) in [5.41, 5.74) is 1.67. The molecule has 0 fully saturated rings. The number of fused-ring (bicyclic) bond motifs is 2. The van der Waals surface area contributed by atoms with Crippen LogP contribution in [0.15, 0.2) is 12.1 Å². The Hall–Kier alpha value is -2.58. The zero-order chi connectivity index (χ0) is 19.9. The molecule has 0 bridgehead atoms. The van der Waals surface area contributed by atoms with E-state index in [-0.39, 0.29) is 33.4 Å². The number of hydrogen-bond donors (Lipinski definition) is 7. The van der Waals surface area contributed by atoms with E-state index < -0.39 is 32.2 Å². The lowest BCUT2D eigenvalue weighted by Crippen LogP contribution is -2.01. The van der Waals surface area contributed by atoms with Gasteiger partial charge in [0.15, 0.2) is 0 Å². The van der Waals surface area contributed by atoms with Crippen molar-refractivity contribution in [3.63, 3.8) is 0 Å². The van der Waals surface area contributed by atoms with Crippen molar-refractivity contribution < 1.29 is 35.7 Å². The van der Waals surface area contributed by atoms with Crippen LogP contribution in [0, 0.1) is 0 Å². The minimum Gasteiger partial charge on any atom is -0.507 e. The molecule has 0 heterocycles. The third-order valence-corrected chi connectivity index (χ3v) is 5.03. The van der Waals surface area contributed by atoms with Gasteiger partial charge in [-0.05, 0) is 46.0 Å². The average molecular weight is 374 g/mol. The molecule has 0 saturated carbocycles. The monoisotopic (exact) mass is 374 g/mol. The van der Waals surface area contributed by atoms with Crippen LogP contribution in [0.2, 0.25) is 0 Å². The first kappa shape index (κ1) is 19.2. The highest BCUT2D eigenvalue weighted by molar-refractivity contribution is 6.15. The maximum absolute atomic E-state index is 10.9. The van der Waals surface area contributed by atoms with Crippen LogP contribution >= 0.6 is 0 Å². The normalized spacial score (nSPS) is 11.6. The van der Waals surface area contributed by atoms with E-state index in [1.807, 2.05) is 6.92 Å². The van der Waals surface area contributed by atoms with Crippen LogP contribution in [0.3, 0.4) is 0 Å². The first-order chi connectivity index (χ1) is 12.9. The van der Waals surface area contributed by atoms with Gasteiger partial charge in [-0.1, -0.05) is 6.92 Å². The van der Waals surface area contributed by atoms with E-state index in [0.29, 0.717) is 33.9 Å². The number of aliphatic hydroxyl groups excluding tert-OH is 4. The summed E-state index contributed by atoms with van der Waals surface area (Å²) in [4.78, 5) is 0. The van der Waals surface area contributed by atoms with Crippen molar-refractivity contribution >= 4 is 21.5 Å². The van der Waals surface area contributed by atoms with E-state index in [1.54, 1.807) is 0 Å². The van der Waals surface area contributed by atoms with E-state index in [9.17, 15) is 35.7 Å². The van der Waals surface area contributed by atoms with Crippen molar-refractivity contribution in [2.24, 2.45) is 0 Å². The molecule has 0 aliphatic heterocycles. The Kier molecular flexibility index (Phi) is 5.12. The summed E-state index contributed by atoms with van der Waals surface area (Å²) in [5, 5.41) is 71.6. The van der Waals surface area contributed by atoms with Gasteiger partial charge in [0.1, 0.15) is 17.2 Å². The molecule has 3 rings (SSSR count). The number of phenols is 3. The molecule has 0 spiro atoms. The summed E-state index contributed by atoms with van der Waals surface area (Å²) in [6, 6.07) is 2.92. The van der Waals surface area contributed by atoms with Gasteiger partial charge in [-0.25, -0.2) is 0 Å². The van der Waals surface area contributed by atoms with Gasteiger partial charge in [0.2, 0.25) is 0 Å². The fourth-order valence-electron chi connectivity index (χ4n) is 3.83. The molecule has 7 heteroatoms. The van der Waals surface area contributed by atoms with Crippen LogP contribution < -0.4 is 0 Å². The van der Waals surface area contributed by atoms with E-state index >= 15 is 0 Å². The number of phenolic OH excluding ortho intramolecular Hbond substituents is 1. The number of aliphatic hydroxyl groups is 4. The summed E-state index contributed by atoms with van der Waals surface area (Å²) >= 11 is 0. The molecule has 0 amide bonds. The maximum Gasteiger partial charge on any atom is 0.138 e. The van der Waals surface area contributed by atoms with Crippen molar-refractivity contribution in [1.82, 2.24) is 0 Å². The quantitative estimate of drug-likeness (QED) is 0.337. The highest BCUT2D eigenvalue weighted by Gasteiger charge is 2.25. The number of benzene rings is 3. The third-order valence-electron chi connectivity index (χ3n) is 5.03. The summed E-state index contributed by atoms with van der Waals surface area (Å²) in [6.07, 6.45) is 0.420. The summed E-state index contributed by atoms with van der Waals surface area (Å²) in [7, 11) is 0. The maximum atomic E-state index is 10.9. The first-order valence-corrected chi connectivity index (χ1v) is 8.57.